The Labute approximate surface area is 141 Å². The summed E-state index contributed by atoms with van der Waals surface area (Å²) in [5.41, 5.74) is 4.23. The van der Waals surface area contributed by atoms with Crippen molar-refractivity contribution in [3.63, 3.8) is 0 Å². The molecule has 6 nitrogen and oxygen atoms in total. The Kier molecular flexibility index (Phi) is 5.08. The van der Waals surface area contributed by atoms with Crippen molar-refractivity contribution in [1.29, 1.82) is 0 Å². The fourth-order valence-electron chi connectivity index (χ4n) is 2.68. The number of aromatic amines is 1. The lowest BCUT2D eigenvalue weighted by Gasteiger charge is -2.10. The van der Waals surface area contributed by atoms with Crippen LogP contribution in [-0.4, -0.2) is 47.3 Å². The number of rotatable bonds is 7. The summed E-state index contributed by atoms with van der Waals surface area (Å²) in [5.74, 6) is 0.909. The molecule has 0 bridgehead atoms. The smallest absolute Gasteiger partial charge is 0.143 e. The van der Waals surface area contributed by atoms with E-state index in [0.29, 0.717) is 0 Å². The number of nitrogens with one attached hydrogen (secondary N) is 2. The molecule has 0 spiro atoms. The highest BCUT2D eigenvalue weighted by Gasteiger charge is 2.10. The van der Waals surface area contributed by atoms with Gasteiger partial charge in [-0.1, -0.05) is 24.3 Å². The zero-order valence-corrected chi connectivity index (χ0v) is 14.1. The van der Waals surface area contributed by atoms with Gasteiger partial charge in [-0.3, -0.25) is 0 Å². The number of H-pyrrole nitrogens is 1. The number of anilines is 1. The molecule has 0 unspecified atom stereocenters. The highest BCUT2D eigenvalue weighted by atomic mass is 16.3. The minimum absolute atomic E-state index is 0.226. The molecule has 1 aromatic carbocycles. The number of benzene rings is 1. The van der Waals surface area contributed by atoms with E-state index in [-0.39, 0.29) is 6.61 Å². The molecule has 3 N–H and O–H groups in total. The van der Waals surface area contributed by atoms with E-state index in [9.17, 15) is 0 Å². The van der Waals surface area contributed by atoms with Gasteiger partial charge in [0.05, 0.1) is 5.39 Å². The Hall–Kier alpha value is -2.44. The predicted molar refractivity (Wildman–Crippen MR) is 97.1 cm³/mol. The monoisotopic (exact) mass is 325 g/mol. The number of aliphatic hydroxyl groups is 1. The van der Waals surface area contributed by atoms with E-state index < -0.39 is 0 Å². The standard InChI is InChI=1S/C18H23N5O/c1-23(2)18-15-10-16(22-17(15)20-12-21-18)14-6-4-13(5-7-14)11-19-8-3-9-24/h4-7,10,12,19,24H,3,8-9,11H2,1-2H3,(H,20,21,22). The molecule has 0 atom stereocenters. The molecule has 0 aliphatic carbocycles. The Bertz CT molecular complexity index is 795. The lowest BCUT2D eigenvalue weighted by atomic mass is 10.1. The minimum atomic E-state index is 0.226. The molecule has 0 amide bonds. The largest absolute Gasteiger partial charge is 0.396 e. The summed E-state index contributed by atoms with van der Waals surface area (Å²) in [6.07, 6.45) is 2.36. The summed E-state index contributed by atoms with van der Waals surface area (Å²) in [6.45, 7) is 1.86. The normalized spacial score (nSPS) is 11.1. The number of aromatic nitrogens is 3. The van der Waals surface area contributed by atoms with Crippen molar-refractivity contribution in [2.24, 2.45) is 0 Å². The van der Waals surface area contributed by atoms with Crippen LogP contribution in [0.25, 0.3) is 22.3 Å². The first-order valence-corrected chi connectivity index (χ1v) is 8.11. The third-order valence-corrected chi connectivity index (χ3v) is 3.93. The van der Waals surface area contributed by atoms with Gasteiger partial charge in [0.15, 0.2) is 0 Å². The second kappa shape index (κ2) is 7.42. The van der Waals surface area contributed by atoms with Gasteiger partial charge in [0.25, 0.3) is 0 Å². The first-order chi connectivity index (χ1) is 11.7. The SMILES string of the molecule is CN(C)c1ncnc2[nH]c(-c3ccc(CNCCCO)cc3)cc12. The van der Waals surface area contributed by atoms with Gasteiger partial charge in [0, 0.05) is 32.9 Å². The number of fused-ring (bicyclic) bond motifs is 1. The third-order valence-electron chi connectivity index (χ3n) is 3.93. The topological polar surface area (TPSA) is 77.1 Å². The van der Waals surface area contributed by atoms with Crippen LogP contribution in [0.4, 0.5) is 5.82 Å². The molecule has 24 heavy (non-hydrogen) atoms. The lowest BCUT2D eigenvalue weighted by Crippen LogP contribution is -2.15. The fraction of sp³-hybridized carbons (Fsp3) is 0.333. The van der Waals surface area contributed by atoms with E-state index in [1.807, 2.05) is 19.0 Å². The maximum Gasteiger partial charge on any atom is 0.143 e. The highest BCUT2D eigenvalue weighted by molar-refractivity contribution is 5.91. The molecule has 0 radical (unpaired) electrons. The van der Waals surface area contributed by atoms with Crippen molar-refractivity contribution in [1.82, 2.24) is 20.3 Å². The Morgan fingerprint density at radius 2 is 1.96 bits per heavy atom. The van der Waals surface area contributed by atoms with Crippen molar-refractivity contribution in [3.8, 4) is 11.3 Å². The number of aliphatic hydroxyl groups excluding tert-OH is 1. The van der Waals surface area contributed by atoms with E-state index in [1.54, 1.807) is 6.33 Å². The Morgan fingerprint density at radius 3 is 2.67 bits per heavy atom. The van der Waals surface area contributed by atoms with E-state index >= 15 is 0 Å². The maximum absolute atomic E-state index is 8.78. The second-order valence-corrected chi connectivity index (χ2v) is 5.99. The molecular weight excluding hydrogens is 302 g/mol. The van der Waals surface area contributed by atoms with Crippen LogP contribution in [0.3, 0.4) is 0 Å². The Morgan fingerprint density at radius 1 is 1.17 bits per heavy atom. The summed E-state index contributed by atoms with van der Waals surface area (Å²) in [7, 11) is 3.96. The van der Waals surface area contributed by atoms with Gasteiger partial charge >= 0.3 is 0 Å². The van der Waals surface area contributed by atoms with Gasteiger partial charge in [-0.05, 0) is 30.2 Å². The van der Waals surface area contributed by atoms with E-state index in [1.165, 1.54) is 5.56 Å². The van der Waals surface area contributed by atoms with Gasteiger partial charge in [-0.25, -0.2) is 9.97 Å². The average Bonchev–Trinajstić information content (AvgIpc) is 3.03. The first kappa shape index (κ1) is 16.4. The van der Waals surface area contributed by atoms with Gasteiger partial charge < -0.3 is 20.3 Å². The molecule has 0 saturated carbocycles. The van der Waals surface area contributed by atoms with E-state index in [2.05, 4.69) is 50.6 Å². The van der Waals surface area contributed by atoms with Gasteiger partial charge in [-0.2, -0.15) is 0 Å². The molecule has 0 fully saturated rings. The molecule has 3 rings (SSSR count). The van der Waals surface area contributed by atoms with Crippen LogP contribution in [0, 0.1) is 0 Å². The molecular formula is C18H23N5O. The molecule has 0 aliphatic rings. The molecule has 0 aliphatic heterocycles. The van der Waals surface area contributed by atoms with Crippen molar-refractivity contribution in [3.05, 3.63) is 42.2 Å². The van der Waals surface area contributed by atoms with Crippen LogP contribution in [0.2, 0.25) is 0 Å². The summed E-state index contributed by atoms with van der Waals surface area (Å²) in [6, 6.07) is 10.5. The van der Waals surface area contributed by atoms with Crippen molar-refractivity contribution < 1.29 is 5.11 Å². The van der Waals surface area contributed by atoms with Crippen molar-refractivity contribution in [2.75, 3.05) is 32.1 Å². The summed E-state index contributed by atoms with van der Waals surface area (Å²) in [5, 5.41) is 13.1. The summed E-state index contributed by atoms with van der Waals surface area (Å²) < 4.78 is 0. The zero-order valence-electron chi connectivity index (χ0n) is 14.1. The molecule has 126 valence electrons. The quantitative estimate of drug-likeness (QED) is 0.580. The fourth-order valence-corrected chi connectivity index (χ4v) is 2.68. The maximum atomic E-state index is 8.78. The first-order valence-electron chi connectivity index (χ1n) is 8.11. The van der Waals surface area contributed by atoms with Crippen molar-refractivity contribution in [2.45, 2.75) is 13.0 Å². The van der Waals surface area contributed by atoms with Gasteiger partial charge in [0.1, 0.15) is 17.8 Å². The molecule has 6 heteroatoms. The highest BCUT2D eigenvalue weighted by Crippen LogP contribution is 2.27. The van der Waals surface area contributed by atoms with E-state index in [0.717, 1.165) is 47.6 Å². The Balaban J connectivity index is 1.79. The minimum Gasteiger partial charge on any atom is -0.396 e. The number of hydrogen-bond donors (Lipinski definition) is 3. The molecule has 2 heterocycles. The number of hydrogen-bond acceptors (Lipinski definition) is 5. The lowest BCUT2D eigenvalue weighted by molar-refractivity contribution is 0.286. The van der Waals surface area contributed by atoms with Gasteiger partial charge in [0.2, 0.25) is 0 Å². The van der Waals surface area contributed by atoms with Gasteiger partial charge in [-0.15, -0.1) is 0 Å². The van der Waals surface area contributed by atoms with Crippen LogP contribution in [0.1, 0.15) is 12.0 Å². The average molecular weight is 325 g/mol. The van der Waals surface area contributed by atoms with Crippen LogP contribution in [0.15, 0.2) is 36.7 Å². The second-order valence-electron chi connectivity index (χ2n) is 5.99. The third kappa shape index (κ3) is 3.55. The molecule has 0 saturated heterocycles. The summed E-state index contributed by atoms with van der Waals surface area (Å²) in [4.78, 5) is 14.0. The van der Waals surface area contributed by atoms with Crippen LogP contribution in [-0.2, 0) is 6.54 Å². The number of nitrogens with zero attached hydrogens (tertiary/aromatic N) is 3. The summed E-state index contributed by atoms with van der Waals surface area (Å²) >= 11 is 0. The van der Waals surface area contributed by atoms with Crippen molar-refractivity contribution >= 4 is 16.9 Å². The predicted octanol–water partition coefficient (Wildman–Crippen LogP) is 2.16. The molecule has 3 aromatic rings. The molecule has 2 aromatic heterocycles. The van der Waals surface area contributed by atoms with Crippen LogP contribution < -0.4 is 10.2 Å². The zero-order chi connectivity index (χ0) is 16.9. The van der Waals surface area contributed by atoms with E-state index in [4.69, 9.17) is 5.11 Å². The van der Waals surface area contributed by atoms with Crippen LogP contribution in [0.5, 0.6) is 0 Å². The van der Waals surface area contributed by atoms with Crippen LogP contribution >= 0.6 is 0 Å².